The molecule has 14 heavy (non-hydrogen) atoms. The molecule has 0 bridgehead atoms. The Labute approximate surface area is 91.2 Å². The zero-order chi connectivity index (χ0) is 9.80. The third kappa shape index (κ3) is 2.83. The van der Waals surface area contributed by atoms with Crippen LogP contribution in [0.5, 0.6) is 0 Å². The first-order valence-electron chi connectivity index (χ1n) is 4.64. The highest BCUT2D eigenvalue weighted by Gasteiger charge is 2.14. The van der Waals surface area contributed by atoms with Gasteiger partial charge in [-0.3, -0.25) is 0 Å². The molecule has 1 aromatic rings. The lowest BCUT2D eigenvalue weighted by molar-refractivity contribution is 0.0728. The number of hydrogen-bond donors (Lipinski definition) is 1. The van der Waals surface area contributed by atoms with Gasteiger partial charge in [-0.25, -0.2) is 0 Å². The molecular formula is C8H13N3OS2. The van der Waals surface area contributed by atoms with Crippen LogP contribution in [0, 0.1) is 5.92 Å². The lowest BCUT2D eigenvalue weighted by atomic mass is 10.0. The maximum atomic E-state index is 5.50. The van der Waals surface area contributed by atoms with Crippen molar-refractivity contribution in [1.82, 2.24) is 10.2 Å². The number of ether oxygens (including phenoxy) is 1. The van der Waals surface area contributed by atoms with E-state index in [0.29, 0.717) is 5.13 Å². The third-order valence-electron chi connectivity index (χ3n) is 2.21. The first kappa shape index (κ1) is 10.2. The molecule has 2 rings (SSSR count). The largest absolute Gasteiger partial charge is 0.381 e. The van der Waals surface area contributed by atoms with E-state index in [4.69, 9.17) is 10.5 Å². The molecule has 2 N–H and O–H groups in total. The van der Waals surface area contributed by atoms with E-state index in [0.717, 1.165) is 29.2 Å². The summed E-state index contributed by atoms with van der Waals surface area (Å²) in [6.45, 7) is 1.81. The summed E-state index contributed by atoms with van der Waals surface area (Å²) in [5.41, 5.74) is 5.50. The predicted molar refractivity (Wildman–Crippen MR) is 58.6 cm³/mol. The first-order valence-corrected chi connectivity index (χ1v) is 6.44. The number of rotatable bonds is 3. The van der Waals surface area contributed by atoms with Gasteiger partial charge in [0, 0.05) is 19.0 Å². The number of nitrogens with two attached hydrogens (primary N) is 1. The number of anilines is 1. The van der Waals surface area contributed by atoms with Crippen molar-refractivity contribution < 1.29 is 4.74 Å². The maximum absolute atomic E-state index is 5.50. The Balaban J connectivity index is 1.76. The molecule has 1 aliphatic heterocycles. The molecule has 0 radical (unpaired) electrons. The maximum Gasteiger partial charge on any atom is 0.203 e. The zero-order valence-electron chi connectivity index (χ0n) is 7.81. The van der Waals surface area contributed by atoms with Crippen molar-refractivity contribution in [3.05, 3.63) is 0 Å². The first-order chi connectivity index (χ1) is 6.84. The van der Waals surface area contributed by atoms with E-state index in [9.17, 15) is 0 Å². The predicted octanol–water partition coefficient (Wildman–Crippen LogP) is 1.64. The van der Waals surface area contributed by atoms with Crippen molar-refractivity contribution in [2.45, 2.75) is 17.2 Å². The van der Waals surface area contributed by atoms with E-state index >= 15 is 0 Å². The summed E-state index contributed by atoms with van der Waals surface area (Å²) < 4.78 is 6.28. The minimum atomic E-state index is 0.555. The van der Waals surface area contributed by atoms with Crippen LogP contribution >= 0.6 is 23.1 Å². The smallest absolute Gasteiger partial charge is 0.203 e. The minimum absolute atomic E-state index is 0.555. The topological polar surface area (TPSA) is 61.0 Å². The molecule has 0 aliphatic carbocycles. The molecule has 1 aromatic heterocycles. The summed E-state index contributed by atoms with van der Waals surface area (Å²) in [6, 6.07) is 0. The Bertz CT molecular complexity index is 286. The van der Waals surface area contributed by atoms with Crippen molar-refractivity contribution >= 4 is 28.2 Å². The van der Waals surface area contributed by atoms with Crippen molar-refractivity contribution in [3.63, 3.8) is 0 Å². The molecule has 4 nitrogen and oxygen atoms in total. The van der Waals surface area contributed by atoms with E-state index in [1.54, 1.807) is 11.8 Å². The molecule has 0 amide bonds. The van der Waals surface area contributed by atoms with Crippen molar-refractivity contribution in [2.75, 3.05) is 24.7 Å². The highest BCUT2D eigenvalue weighted by molar-refractivity contribution is 8.01. The lowest BCUT2D eigenvalue weighted by Gasteiger charge is -2.20. The molecule has 1 aliphatic rings. The number of nitrogens with zero attached hydrogens (tertiary/aromatic N) is 2. The van der Waals surface area contributed by atoms with Gasteiger partial charge in [0.2, 0.25) is 5.13 Å². The molecule has 1 saturated heterocycles. The number of thioether (sulfide) groups is 1. The summed E-state index contributed by atoms with van der Waals surface area (Å²) in [7, 11) is 0. The van der Waals surface area contributed by atoms with Gasteiger partial charge in [0.05, 0.1) is 0 Å². The number of aromatic nitrogens is 2. The van der Waals surface area contributed by atoms with Crippen LogP contribution in [-0.2, 0) is 4.74 Å². The van der Waals surface area contributed by atoms with E-state index in [-0.39, 0.29) is 0 Å². The zero-order valence-corrected chi connectivity index (χ0v) is 9.44. The van der Waals surface area contributed by atoms with Crippen LogP contribution in [0.4, 0.5) is 5.13 Å². The monoisotopic (exact) mass is 231 g/mol. The van der Waals surface area contributed by atoms with Gasteiger partial charge in [-0.1, -0.05) is 23.1 Å². The fourth-order valence-electron chi connectivity index (χ4n) is 1.38. The summed E-state index contributed by atoms with van der Waals surface area (Å²) in [5.74, 6) is 1.87. The highest BCUT2D eigenvalue weighted by atomic mass is 32.2. The SMILES string of the molecule is Nc1nnc(SCC2CCOCC2)s1. The molecule has 0 spiro atoms. The van der Waals surface area contributed by atoms with Gasteiger partial charge in [0.1, 0.15) is 0 Å². The third-order valence-corrected chi connectivity index (χ3v) is 4.32. The van der Waals surface area contributed by atoms with Crippen LogP contribution in [-0.4, -0.2) is 29.2 Å². The van der Waals surface area contributed by atoms with Crippen LogP contribution in [0.25, 0.3) is 0 Å². The van der Waals surface area contributed by atoms with Crippen molar-refractivity contribution in [2.24, 2.45) is 5.92 Å². The fourth-order valence-corrected chi connectivity index (χ4v) is 3.23. The summed E-state index contributed by atoms with van der Waals surface area (Å²) in [4.78, 5) is 0. The fraction of sp³-hybridized carbons (Fsp3) is 0.750. The molecule has 78 valence electrons. The van der Waals surface area contributed by atoms with Crippen LogP contribution < -0.4 is 5.73 Å². The van der Waals surface area contributed by atoms with Crippen LogP contribution in [0.1, 0.15) is 12.8 Å². The molecule has 0 aromatic carbocycles. The van der Waals surface area contributed by atoms with Crippen LogP contribution in [0.15, 0.2) is 4.34 Å². The van der Waals surface area contributed by atoms with Gasteiger partial charge in [-0.2, -0.15) is 0 Å². The Morgan fingerprint density at radius 3 is 2.86 bits per heavy atom. The second kappa shape index (κ2) is 4.95. The quantitative estimate of drug-likeness (QED) is 0.801. The molecule has 1 fully saturated rings. The van der Waals surface area contributed by atoms with Gasteiger partial charge in [-0.05, 0) is 18.8 Å². The molecule has 0 saturated carbocycles. The second-order valence-corrected chi connectivity index (χ2v) is 5.55. The molecule has 6 heteroatoms. The van der Waals surface area contributed by atoms with Crippen LogP contribution in [0.2, 0.25) is 0 Å². The van der Waals surface area contributed by atoms with Crippen molar-refractivity contribution in [3.8, 4) is 0 Å². The molecule has 0 atom stereocenters. The number of hydrogen-bond acceptors (Lipinski definition) is 6. The summed E-state index contributed by atoms with van der Waals surface area (Å²) in [5, 5.41) is 8.31. The van der Waals surface area contributed by atoms with E-state index in [1.165, 1.54) is 24.2 Å². The standard InChI is InChI=1S/C8H13N3OS2/c9-7-10-11-8(14-7)13-5-6-1-3-12-4-2-6/h6H,1-5H2,(H2,9,10). The highest BCUT2D eigenvalue weighted by Crippen LogP contribution is 2.28. The van der Waals surface area contributed by atoms with Crippen molar-refractivity contribution in [1.29, 1.82) is 0 Å². The average molecular weight is 231 g/mol. The second-order valence-electron chi connectivity index (χ2n) is 3.27. The Kier molecular flexibility index (Phi) is 3.61. The van der Waals surface area contributed by atoms with E-state index < -0.39 is 0 Å². The number of nitrogen functional groups attached to an aromatic ring is 1. The molecular weight excluding hydrogens is 218 g/mol. The lowest BCUT2D eigenvalue weighted by Crippen LogP contribution is -2.17. The van der Waals surface area contributed by atoms with Gasteiger partial charge in [-0.15, -0.1) is 10.2 Å². The summed E-state index contributed by atoms with van der Waals surface area (Å²) in [6.07, 6.45) is 2.34. The molecule has 2 heterocycles. The normalized spacial score (nSPS) is 18.6. The van der Waals surface area contributed by atoms with Gasteiger partial charge in [0.25, 0.3) is 0 Å². The van der Waals surface area contributed by atoms with E-state index in [2.05, 4.69) is 10.2 Å². The van der Waals surface area contributed by atoms with Gasteiger partial charge in [0.15, 0.2) is 4.34 Å². The Morgan fingerprint density at radius 2 is 2.21 bits per heavy atom. The molecule has 0 unspecified atom stereocenters. The van der Waals surface area contributed by atoms with Gasteiger partial charge >= 0.3 is 0 Å². The Morgan fingerprint density at radius 1 is 1.43 bits per heavy atom. The summed E-state index contributed by atoms with van der Waals surface area (Å²) >= 11 is 3.22. The minimum Gasteiger partial charge on any atom is -0.381 e. The van der Waals surface area contributed by atoms with E-state index in [1.807, 2.05) is 0 Å². The van der Waals surface area contributed by atoms with Crippen LogP contribution in [0.3, 0.4) is 0 Å². The van der Waals surface area contributed by atoms with Gasteiger partial charge < -0.3 is 10.5 Å². The average Bonchev–Trinajstić information content (AvgIpc) is 2.63. The Hall–Kier alpha value is -0.330.